The normalized spacial score (nSPS) is 12.0. The number of ether oxygens (including phenoxy) is 1. The first-order chi connectivity index (χ1) is 11.0. The van der Waals surface area contributed by atoms with Crippen molar-refractivity contribution in [1.82, 2.24) is 10.3 Å². The Bertz CT molecular complexity index is 671. The number of benzene rings is 1. The molecule has 0 radical (unpaired) electrons. The van der Waals surface area contributed by atoms with Crippen LogP contribution in [-0.2, 0) is 0 Å². The SMILES string of the molecule is Cc1cccc(C(=O)NC[C@H](O)c2cccc(OC(C)C)c2)n1. The second-order valence-electron chi connectivity index (χ2n) is 5.63. The summed E-state index contributed by atoms with van der Waals surface area (Å²) in [6.07, 6.45) is -0.742. The molecule has 2 N–H and O–H groups in total. The first-order valence-corrected chi connectivity index (χ1v) is 7.62. The number of aryl methyl sites for hydroxylation is 1. The van der Waals surface area contributed by atoms with Gasteiger partial charge in [0.2, 0.25) is 0 Å². The Morgan fingerprint density at radius 3 is 2.70 bits per heavy atom. The minimum Gasteiger partial charge on any atom is -0.491 e. The summed E-state index contributed by atoms with van der Waals surface area (Å²) in [5.74, 6) is 0.394. The van der Waals surface area contributed by atoms with E-state index in [4.69, 9.17) is 4.74 Å². The number of pyridine rings is 1. The fourth-order valence-corrected chi connectivity index (χ4v) is 2.13. The molecular formula is C18H22N2O3. The highest BCUT2D eigenvalue weighted by molar-refractivity contribution is 5.92. The van der Waals surface area contributed by atoms with E-state index in [-0.39, 0.29) is 18.6 Å². The molecule has 0 bridgehead atoms. The minimum absolute atomic E-state index is 0.0643. The molecule has 1 aromatic heterocycles. The van der Waals surface area contributed by atoms with E-state index in [1.807, 2.05) is 39.0 Å². The molecule has 0 fully saturated rings. The number of aromatic nitrogens is 1. The van der Waals surface area contributed by atoms with Crippen molar-refractivity contribution in [3.63, 3.8) is 0 Å². The standard InChI is InChI=1S/C18H22N2O3/c1-12(2)23-15-8-5-7-14(10-15)17(21)11-19-18(22)16-9-4-6-13(3)20-16/h4-10,12,17,21H,11H2,1-3H3,(H,19,22)/t17-/m0/s1. The maximum atomic E-state index is 12.0. The van der Waals surface area contributed by atoms with Crippen molar-refractivity contribution in [2.45, 2.75) is 33.0 Å². The van der Waals surface area contributed by atoms with Crippen LogP contribution in [0, 0.1) is 6.92 Å². The van der Waals surface area contributed by atoms with E-state index in [0.29, 0.717) is 17.0 Å². The molecule has 0 aliphatic carbocycles. The largest absolute Gasteiger partial charge is 0.491 e. The maximum absolute atomic E-state index is 12.0. The van der Waals surface area contributed by atoms with Crippen molar-refractivity contribution in [2.24, 2.45) is 0 Å². The van der Waals surface area contributed by atoms with Gasteiger partial charge < -0.3 is 15.2 Å². The number of carbonyl (C=O) groups excluding carboxylic acids is 1. The van der Waals surface area contributed by atoms with Crippen LogP contribution in [0.4, 0.5) is 0 Å². The lowest BCUT2D eigenvalue weighted by molar-refractivity contribution is 0.0911. The van der Waals surface area contributed by atoms with Gasteiger partial charge in [0, 0.05) is 12.2 Å². The highest BCUT2D eigenvalue weighted by atomic mass is 16.5. The predicted octanol–water partition coefficient (Wildman–Crippen LogP) is 2.64. The van der Waals surface area contributed by atoms with Crippen LogP contribution in [0.5, 0.6) is 5.75 Å². The van der Waals surface area contributed by atoms with Crippen molar-refractivity contribution < 1.29 is 14.6 Å². The zero-order valence-electron chi connectivity index (χ0n) is 13.6. The summed E-state index contributed by atoms with van der Waals surface area (Å²) in [4.78, 5) is 16.2. The van der Waals surface area contributed by atoms with Gasteiger partial charge in [-0.05, 0) is 50.6 Å². The third kappa shape index (κ3) is 5.07. The molecule has 0 saturated heterocycles. The molecule has 1 heterocycles. The van der Waals surface area contributed by atoms with Gasteiger partial charge in [-0.2, -0.15) is 0 Å². The molecule has 2 rings (SSSR count). The minimum atomic E-state index is -0.806. The van der Waals surface area contributed by atoms with Crippen molar-refractivity contribution >= 4 is 5.91 Å². The number of aliphatic hydroxyl groups excluding tert-OH is 1. The quantitative estimate of drug-likeness (QED) is 0.860. The van der Waals surface area contributed by atoms with Crippen LogP contribution in [0.1, 0.15) is 41.7 Å². The van der Waals surface area contributed by atoms with Gasteiger partial charge in [0.1, 0.15) is 11.4 Å². The molecule has 122 valence electrons. The van der Waals surface area contributed by atoms with E-state index in [1.54, 1.807) is 24.3 Å². The van der Waals surface area contributed by atoms with Crippen molar-refractivity contribution in [2.75, 3.05) is 6.54 Å². The Labute approximate surface area is 136 Å². The van der Waals surface area contributed by atoms with Crippen LogP contribution in [-0.4, -0.2) is 28.6 Å². The lowest BCUT2D eigenvalue weighted by atomic mass is 10.1. The van der Waals surface area contributed by atoms with E-state index in [0.717, 1.165) is 5.69 Å². The average molecular weight is 314 g/mol. The maximum Gasteiger partial charge on any atom is 0.269 e. The summed E-state index contributed by atoms with van der Waals surface area (Å²) in [7, 11) is 0. The summed E-state index contributed by atoms with van der Waals surface area (Å²) >= 11 is 0. The topological polar surface area (TPSA) is 71.5 Å². The molecule has 0 unspecified atom stereocenters. The van der Waals surface area contributed by atoms with Crippen molar-refractivity contribution in [3.8, 4) is 5.75 Å². The van der Waals surface area contributed by atoms with E-state index in [2.05, 4.69) is 10.3 Å². The summed E-state index contributed by atoms with van der Waals surface area (Å²) in [6, 6.07) is 12.5. The summed E-state index contributed by atoms with van der Waals surface area (Å²) in [5, 5.41) is 12.9. The molecule has 1 atom stereocenters. The van der Waals surface area contributed by atoms with Crippen LogP contribution in [0.2, 0.25) is 0 Å². The third-order valence-electron chi connectivity index (χ3n) is 3.19. The Hall–Kier alpha value is -2.40. The fraction of sp³-hybridized carbons (Fsp3) is 0.333. The van der Waals surface area contributed by atoms with Gasteiger partial charge >= 0.3 is 0 Å². The fourth-order valence-electron chi connectivity index (χ4n) is 2.13. The highest BCUT2D eigenvalue weighted by Crippen LogP contribution is 2.20. The predicted molar refractivity (Wildman–Crippen MR) is 88.5 cm³/mol. The van der Waals surface area contributed by atoms with Gasteiger partial charge in [-0.25, -0.2) is 4.98 Å². The summed E-state index contributed by atoms with van der Waals surface area (Å²) < 4.78 is 5.60. The average Bonchev–Trinajstić information content (AvgIpc) is 2.52. The highest BCUT2D eigenvalue weighted by Gasteiger charge is 2.12. The summed E-state index contributed by atoms with van der Waals surface area (Å²) in [6.45, 7) is 5.82. The first-order valence-electron chi connectivity index (χ1n) is 7.62. The third-order valence-corrected chi connectivity index (χ3v) is 3.19. The zero-order chi connectivity index (χ0) is 16.8. The Morgan fingerprint density at radius 1 is 1.26 bits per heavy atom. The number of carbonyl (C=O) groups is 1. The van der Waals surface area contributed by atoms with E-state index in [1.165, 1.54) is 0 Å². The van der Waals surface area contributed by atoms with E-state index in [9.17, 15) is 9.90 Å². The van der Waals surface area contributed by atoms with Gasteiger partial charge in [0.05, 0.1) is 12.2 Å². The van der Waals surface area contributed by atoms with Gasteiger partial charge in [0.25, 0.3) is 5.91 Å². The Morgan fingerprint density at radius 2 is 2.00 bits per heavy atom. The molecule has 0 aliphatic heterocycles. The van der Waals surface area contributed by atoms with Crippen LogP contribution in [0.25, 0.3) is 0 Å². The Balaban J connectivity index is 1.96. The van der Waals surface area contributed by atoms with Crippen LogP contribution >= 0.6 is 0 Å². The molecule has 0 spiro atoms. The van der Waals surface area contributed by atoms with Gasteiger partial charge in [-0.15, -0.1) is 0 Å². The smallest absolute Gasteiger partial charge is 0.269 e. The molecule has 0 saturated carbocycles. The number of rotatable bonds is 6. The van der Waals surface area contributed by atoms with Gasteiger partial charge in [-0.3, -0.25) is 4.79 Å². The van der Waals surface area contributed by atoms with Gasteiger partial charge in [0.15, 0.2) is 0 Å². The number of hydrogen-bond donors (Lipinski definition) is 2. The van der Waals surface area contributed by atoms with Crippen LogP contribution in [0.3, 0.4) is 0 Å². The zero-order valence-corrected chi connectivity index (χ0v) is 13.6. The molecule has 5 nitrogen and oxygen atoms in total. The molecule has 1 aromatic carbocycles. The second-order valence-corrected chi connectivity index (χ2v) is 5.63. The number of aliphatic hydroxyl groups is 1. The van der Waals surface area contributed by atoms with E-state index < -0.39 is 6.10 Å². The molecule has 1 amide bonds. The van der Waals surface area contributed by atoms with Crippen molar-refractivity contribution in [1.29, 1.82) is 0 Å². The van der Waals surface area contributed by atoms with E-state index >= 15 is 0 Å². The number of nitrogens with zero attached hydrogens (tertiary/aromatic N) is 1. The first kappa shape index (κ1) is 17.0. The molecule has 0 aliphatic rings. The second kappa shape index (κ2) is 7.74. The lowest BCUT2D eigenvalue weighted by Gasteiger charge is -2.15. The number of hydrogen-bond acceptors (Lipinski definition) is 4. The number of nitrogens with one attached hydrogen (secondary N) is 1. The Kier molecular flexibility index (Phi) is 5.71. The molecule has 5 heteroatoms. The molecule has 23 heavy (non-hydrogen) atoms. The number of amides is 1. The van der Waals surface area contributed by atoms with Crippen LogP contribution in [0.15, 0.2) is 42.5 Å². The van der Waals surface area contributed by atoms with Crippen LogP contribution < -0.4 is 10.1 Å². The lowest BCUT2D eigenvalue weighted by Crippen LogP contribution is -2.29. The molecular weight excluding hydrogens is 292 g/mol. The monoisotopic (exact) mass is 314 g/mol. The summed E-state index contributed by atoms with van der Waals surface area (Å²) in [5.41, 5.74) is 1.81. The van der Waals surface area contributed by atoms with Gasteiger partial charge in [-0.1, -0.05) is 18.2 Å². The van der Waals surface area contributed by atoms with Crippen molar-refractivity contribution in [3.05, 3.63) is 59.4 Å². The molecule has 2 aromatic rings.